The number of ether oxygens (including phenoxy) is 1. The number of rotatable bonds is 5. The lowest BCUT2D eigenvalue weighted by Gasteiger charge is -2.32. The lowest BCUT2D eigenvalue weighted by molar-refractivity contribution is -0.136. The van der Waals surface area contributed by atoms with Crippen LogP contribution in [0.1, 0.15) is 33.6 Å². The number of fused-ring (bicyclic) bond motifs is 1. The van der Waals surface area contributed by atoms with Gasteiger partial charge in [0.25, 0.3) is 11.8 Å². The van der Waals surface area contributed by atoms with Gasteiger partial charge in [-0.05, 0) is 31.0 Å². The van der Waals surface area contributed by atoms with Crippen LogP contribution in [0.2, 0.25) is 0 Å². The first kappa shape index (κ1) is 19.5. The quantitative estimate of drug-likeness (QED) is 0.687. The minimum atomic E-state index is -0.466. The van der Waals surface area contributed by atoms with Gasteiger partial charge in [-0.25, -0.2) is 0 Å². The number of halogens is 1. The number of methoxy groups -OCH3 is 1. The van der Waals surface area contributed by atoms with Crippen LogP contribution in [0, 0.1) is 0 Å². The first-order valence-corrected chi connectivity index (χ1v) is 9.42. The molecular formula is C18H20BrN3O5. The van der Waals surface area contributed by atoms with Crippen LogP contribution in [0.5, 0.6) is 0 Å². The molecule has 0 radical (unpaired) electrons. The molecule has 144 valence electrons. The number of nitrogens with zero attached hydrogens (tertiary/aromatic N) is 2. The van der Waals surface area contributed by atoms with Gasteiger partial charge in [-0.3, -0.25) is 24.1 Å². The number of piperidine rings is 1. The van der Waals surface area contributed by atoms with Crippen LogP contribution in [0.4, 0.5) is 0 Å². The summed E-state index contributed by atoms with van der Waals surface area (Å²) in [4.78, 5) is 51.6. The Morgan fingerprint density at radius 2 is 1.85 bits per heavy atom. The lowest BCUT2D eigenvalue weighted by atomic mass is 10.0. The summed E-state index contributed by atoms with van der Waals surface area (Å²) >= 11 is 3.28. The zero-order valence-corrected chi connectivity index (χ0v) is 16.5. The van der Waals surface area contributed by atoms with Crippen LogP contribution < -0.4 is 5.32 Å². The smallest absolute Gasteiger partial charge is 0.262 e. The number of likely N-dealkylation sites (tertiary alicyclic amines) is 1. The number of imide groups is 1. The Bertz CT molecular complexity index is 789. The largest absolute Gasteiger partial charge is 0.375 e. The molecule has 0 atom stereocenters. The Morgan fingerprint density at radius 1 is 1.19 bits per heavy atom. The molecule has 2 heterocycles. The fraction of sp³-hybridized carbons (Fsp3) is 0.444. The van der Waals surface area contributed by atoms with E-state index in [1.807, 2.05) is 0 Å². The summed E-state index contributed by atoms with van der Waals surface area (Å²) in [6.45, 7) is 0.808. The predicted molar refractivity (Wildman–Crippen MR) is 99.1 cm³/mol. The minimum Gasteiger partial charge on any atom is -0.375 e. The number of carbonyl (C=O) groups excluding carboxylic acids is 4. The van der Waals surface area contributed by atoms with E-state index >= 15 is 0 Å². The topological polar surface area (TPSA) is 96.0 Å². The van der Waals surface area contributed by atoms with Crippen LogP contribution in [0.3, 0.4) is 0 Å². The predicted octanol–water partition coefficient (Wildman–Crippen LogP) is 0.799. The van der Waals surface area contributed by atoms with Crippen LogP contribution in [0.15, 0.2) is 22.7 Å². The second-order valence-corrected chi connectivity index (χ2v) is 7.46. The molecule has 1 aromatic carbocycles. The Labute approximate surface area is 164 Å². The van der Waals surface area contributed by atoms with Gasteiger partial charge >= 0.3 is 0 Å². The first-order valence-electron chi connectivity index (χ1n) is 8.62. The third-order valence-corrected chi connectivity index (χ3v) is 5.21. The number of hydrogen-bond donors (Lipinski definition) is 1. The molecule has 0 unspecified atom stereocenters. The van der Waals surface area contributed by atoms with E-state index in [-0.39, 0.29) is 31.0 Å². The van der Waals surface area contributed by atoms with Crippen molar-refractivity contribution in [1.82, 2.24) is 15.1 Å². The highest BCUT2D eigenvalue weighted by atomic mass is 79.9. The third-order valence-electron chi connectivity index (χ3n) is 4.72. The fourth-order valence-electron chi connectivity index (χ4n) is 3.31. The zero-order valence-electron chi connectivity index (χ0n) is 14.9. The number of nitrogens with one attached hydrogen (secondary N) is 1. The number of benzene rings is 1. The normalized spacial score (nSPS) is 17.3. The van der Waals surface area contributed by atoms with E-state index in [1.165, 1.54) is 7.11 Å². The molecule has 27 heavy (non-hydrogen) atoms. The van der Waals surface area contributed by atoms with Crippen molar-refractivity contribution < 1.29 is 23.9 Å². The highest BCUT2D eigenvalue weighted by molar-refractivity contribution is 9.10. The molecule has 0 saturated carbocycles. The summed E-state index contributed by atoms with van der Waals surface area (Å²) in [7, 11) is 1.47. The second-order valence-electron chi connectivity index (χ2n) is 6.54. The van der Waals surface area contributed by atoms with Crippen molar-refractivity contribution in [3.63, 3.8) is 0 Å². The van der Waals surface area contributed by atoms with E-state index in [9.17, 15) is 19.2 Å². The molecule has 8 nitrogen and oxygen atoms in total. The Hall–Kier alpha value is -2.26. The SMILES string of the molecule is COCC(=O)N1CCC(NC(=O)CN2C(=O)c3ccc(Br)cc3C2=O)CC1. The van der Waals surface area contributed by atoms with Crippen molar-refractivity contribution in [2.75, 3.05) is 33.4 Å². The molecule has 2 aliphatic rings. The van der Waals surface area contributed by atoms with Gasteiger partial charge in [-0.15, -0.1) is 0 Å². The average Bonchev–Trinajstić information content (AvgIpc) is 2.87. The van der Waals surface area contributed by atoms with Gasteiger partial charge in [0.15, 0.2) is 0 Å². The standard InChI is InChI=1S/C18H20BrN3O5/c1-27-10-16(24)21-6-4-12(5-7-21)20-15(23)9-22-17(25)13-3-2-11(19)8-14(13)18(22)26/h2-3,8,12H,4-7,9-10H2,1H3,(H,20,23). The molecule has 1 aromatic rings. The summed E-state index contributed by atoms with van der Waals surface area (Å²) < 4.78 is 5.54. The number of carbonyl (C=O) groups is 4. The van der Waals surface area contributed by atoms with Gasteiger partial charge in [0.2, 0.25) is 11.8 Å². The van der Waals surface area contributed by atoms with E-state index in [4.69, 9.17) is 4.74 Å². The van der Waals surface area contributed by atoms with Crippen molar-refractivity contribution in [1.29, 1.82) is 0 Å². The second kappa shape index (κ2) is 8.18. The van der Waals surface area contributed by atoms with E-state index in [2.05, 4.69) is 21.2 Å². The monoisotopic (exact) mass is 437 g/mol. The molecule has 9 heteroatoms. The summed E-state index contributed by atoms with van der Waals surface area (Å²) in [5.41, 5.74) is 0.605. The fourth-order valence-corrected chi connectivity index (χ4v) is 3.67. The summed E-state index contributed by atoms with van der Waals surface area (Å²) in [5, 5.41) is 2.85. The van der Waals surface area contributed by atoms with E-state index in [0.717, 1.165) is 4.90 Å². The van der Waals surface area contributed by atoms with Crippen molar-refractivity contribution >= 4 is 39.6 Å². The molecule has 4 amide bonds. The van der Waals surface area contributed by atoms with Gasteiger partial charge in [-0.1, -0.05) is 15.9 Å². The highest BCUT2D eigenvalue weighted by Gasteiger charge is 2.37. The van der Waals surface area contributed by atoms with Crippen molar-refractivity contribution in [3.05, 3.63) is 33.8 Å². The summed E-state index contributed by atoms with van der Waals surface area (Å²) in [6, 6.07) is 4.75. The first-order chi connectivity index (χ1) is 12.9. The highest BCUT2D eigenvalue weighted by Crippen LogP contribution is 2.25. The molecule has 0 aromatic heterocycles. The van der Waals surface area contributed by atoms with Gasteiger partial charge in [0, 0.05) is 30.7 Å². The van der Waals surface area contributed by atoms with E-state index in [0.29, 0.717) is 41.5 Å². The maximum absolute atomic E-state index is 12.4. The Balaban J connectivity index is 1.53. The maximum atomic E-state index is 12.4. The van der Waals surface area contributed by atoms with Crippen molar-refractivity contribution in [2.45, 2.75) is 18.9 Å². The molecule has 2 aliphatic heterocycles. The molecule has 0 bridgehead atoms. The van der Waals surface area contributed by atoms with Crippen molar-refractivity contribution in [3.8, 4) is 0 Å². The zero-order chi connectivity index (χ0) is 19.6. The van der Waals surface area contributed by atoms with Gasteiger partial charge in [-0.2, -0.15) is 0 Å². The molecule has 0 aliphatic carbocycles. The molecule has 1 fully saturated rings. The Morgan fingerprint density at radius 3 is 2.52 bits per heavy atom. The maximum Gasteiger partial charge on any atom is 0.262 e. The summed E-state index contributed by atoms with van der Waals surface area (Å²) in [5.74, 6) is -1.38. The van der Waals surface area contributed by atoms with Crippen LogP contribution >= 0.6 is 15.9 Å². The van der Waals surface area contributed by atoms with E-state index < -0.39 is 11.8 Å². The van der Waals surface area contributed by atoms with Gasteiger partial charge in [0.05, 0.1) is 11.1 Å². The number of amides is 4. The number of hydrogen-bond acceptors (Lipinski definition) is 5. The third kappa shape index (κ3) is 4.19. The van der Waals surface area contributed by atoms with Gasteiger partial charge < -0.3 is 15.0 Å². The summed E-state index contributed by atoms with van der Waals surface area (Å²) in [6.07, 6.45) is 1.24. The minimum absolute atomic E-state index is 0.0485. The van der Waals surface area contributed by atoms with Gasteiger partial charge in [0.1, 0.15) is 13.2 Å². The molecule has 1 saturated heterocycles. The lowest BCUT2D eigenvalue weighted by Crippen LogP contribution is -2.49. The molecule has 1 N–H and O–H groups in total. The van der Waals surface area contributed by atoms with E-state index in [1.54, 1.807) is 23.1 Å². The molecule has 0 spiro atoms. The van der Waals surface area contributed by atoms with Crippen LogP contribution in [-0.4, -0.2) is 72.8 Å². The molecular weight excluding hydrogens is 418 g/mol. The van der Waals surface area contributed by atoms with Crippen molar-refractivity contribution in [2.24, 2.45) is 0 Å². The molecule has 3 rings (SSSR count). The van der Waals surface area contributed by atoms with Crippen LogP contribution in [0.25, 0.3) is 0 Å². The van der Waals surface area contributed by atoms with Crippen LogP contribution in [-0.2, 0) is 14.3 Å². The Kier molecular flexibility index (Phi) is 5.91. The average molecular weight is 438 g/mol.